The summed E-state index contributed by atoms with van der Waals surface area (Å²) in [6.07, 6.45) is 5.02. The summed E-state index contributed by atoms with van der Waals surface area (Å²) in [7, 11) is 0. The second kappa shape index (κ2) is 5.90. The number of carboxylic acids is 1. The van der Waals surface area contributed by atoms with Crippen molar-refractivity contribution >= 4 is 11.9 Å². The van der Waals surface area contributed by atoms with E-state index in [-0.39, 0.29) is 5.91 Å². The number of nitrogens with one attached hydrogen (secondary N) is 1. The Bertz CT molecular complexity index is 355. The number of likely N-dealkylation sites (tertiary alicyclic amines) is 1. The lowest BCUT2D eigenvalue weighted by atomic mass is 9.83. The van der Waals surface area contributed by atoms with Gasteiger partial charge in [-0.1, -0.05) is 13.3 Å². The molecule has 0 radical (unpaired) electrons. The molecule has 0 spiro atoms. The van der Waals surface area contributed by atoms with Crippen molar-refractivity contribution in [3.05, 3.63) is 0 Å². The fourth-order valence-corrected chi connectivity index (χ4v) is 2.90. The number of carboxylic acid groups (broad SMARTS) is 1. The summed E-state index contributed by atoms with van der Waals surface area (Å²) in [6, 6.07) is 0.407. The molecule has 19 heavy (non-hydrogen) atoms. The number of carbonyl (C=O) groups excluding carboxylic acids is 1. The lowest BCUT2D eigenvalue weighted by molar-refractivity contribution is -0.148. The first-order valence-corrected chi connectivity index (χ1v) is 7.31. The minimum Gasteiger partial charge on any atom is -0.481 e. The summed E-state index contributed by atoms with van der Waals surface area (Å²) in [5, 5.41) is 12.4. The normalized spacial score (nSPS) is 27.4. The molecule has 0 aromatic carbocycles. The van der Waals surface area contributed by atoms with Crippen molar-refractivity contribution in [1.29, 1.82) is 0 Å². The van der Waals surface area contributed by atoms with Crippen LogP contribution in [0.25, 0.3) is 0 Å². The quantitative estimate of drug-likeness (QED) is 0.728. The summed E-state index contributed by atoms with van der Waals surface area (Å²) in [6.45, 7) is 4.09. The van der Waals surface area contributed by atoms with Gasteiger partial charge in [0.2, 0.25) is 5.91 Å². The molecule has 2 rings (SSSR count). The number of nitrogens with zero attached hydrogens (tertiary/aromatic N) is 1. The monoisotopic (exact) mass is 268 g/mol. The Balaban J connectivity index is 1.76. The maximum atomic E-state index is 11.6. The molecule has 0 aromatic heterocycles. The van der Waals surface area contributed by atoms with Crippen LogP contribution in [0.5, 0.6) is 0 Å². The smallest absolute Gasteiger partial charge is 0.310 e. The highest BCUT2D eigenvalue weighted by Crippen LogP contribution is 2.35. The van der Waals surface area contributed by atoms with Gasteiger partial charge in [-0.25, -0.2) is 0 Å². The van der Waals surface area contributed by atoms with Gasteiger partial charge in [0.15, 0.2) is 0 Å². The summed E-state index contributed by atoms with van der Waals surface area (Å²) in [5.74, 6) is -0.579. The Labute approximate surface area is 114 Å². The van der Waals surface area contributed by atoms with Gasteiger partial charge in [-0.3, -0.25) is 9.59 Å². The number of amides is 1. The molecule has 1 aliphatic heterocycles. The van der Waals surface area contributed by atoms with Crippen LogP contribution in [0.4, 0.5) is 0 Å². The fourth-order valence-electron chi connectivity index (χ4n) is 2.90. The highest BCUT2D eigenvalue weighted by Gasteiger charge is 2.43. The SMILES string of the molecule is CCCC1(C(=O)O)CCN(CCC(=O)NC2CC2)C1. The molecule has 1 heterocycles. The summed E-state index contributed by atoms with van der Waals surface area (Å²) >= 11 is 0. The Morgan fingerprint density at radius 3 is 2.74 bits per heavy atom. The fraction of sp³-hybridized carbons (Fsp3) is 0.857. The highest BCUT2D eigenvalue weighted by atomic mass is 16.4. The largest absolute Gasteiger partial charge is 0.481 e. The Morgan fingerprint density at radius 1 is 1.42 bits per heavy atom. The van der Waals surface area contributed by atoms with Crippen molar-refractivity contribution in [3.63, 3.8) is 0 Å². The zero-order valence-electron chi connectivity index (χ0n) is 11.7. The van der Waals surface area contributed by atoms with Gasteiger partial charge in [-0.15, -0.1) is 0 Å². The van der Waals surface area contributed by atoms with E-state index in [0.29, 0.717) is 32.0 Å². The highest BCUT2D eigenvalue weighted by molar-refractivity contribution is 5.77. The Morgan fingerprint density at radius 2 is 2.16 bits per heavy atom. The van der Waals surface area contributed by atoms with E-state index in [0.717, 1.165) is 32.2 Å². The van der Waals surface area contributed by atoms with E-state index in [1.807, 2.05) is 6.92 Å². The van der Waals surface area contributed by atoms with E-state index in [1.165, 1.54) is 0 Å². The number of hydrogen-bond acceptors (Lipinski definition) is 3. The summed E-state index contributed by atoms with van der Waals surface area (Å²) < 4.78 is 0. The van der Waals surface area contributed by atoms with Crippen molar-refractivity contribution < 1.29 is 14.7 Å². The van der Waals surface area contributed by atoms with Gasteiger partial charge in [0.05, 0.1) is 5.41 Å². The standard InChI is InChI=1S/C14H24N2O3/c1-2-6-14(13(18)19)7-9-16(10-14)8-5-12(17)15-11-3-4-11/h11H,2-10H2,1H3,(H,15,17)(H,18,19). The van der Waals surface area contributed by atoms with Gasteiger partial charge in [0.1, 0.15) is 0 Å². The minimum atomic E-state index is -0.681. The van der Waals surface area contributed by atoms with Crippen molar-refractivity contribution in [2.45, 2.75) is 51.5 Å². The van der Waals surface area contributed by atoms with Gasteiger partial charge in [-0.2, -0.15) is 0 Å². The Hall–Kier alpha value is -1.10. The average Bonchev–Trinajstić information content (AvgIpc) is 3.06. The molecule has 5 heteroatoms. The molecule has 2 aliphatic rings. The topological polar surface area (TPSA) is 69.6 Å². The number of hydrogen-bond donors (Lipinski definition) is 2. The predicted molar refractivity (Wildman–Crippen MR) is 71.8 cm³/mol. The van der Waals surface area contributed by atoms with Crippen LogP contribution >= 0.6 is 0 Å². The van der Waals surface area contributed by atoms with E-state index in [2.05, 4.69) is 10.2 Å². The first-order chi connectivity index (χ1) is 9.05. The van der Waals surface area contributed by atoms with Crippen molar-refractivity contribution in [2.24, 2.45) is 5.41 Å². The van der Waals surface area contributed by atoms with Crippen LogP contribution in [0, 0.1) is 5.41 Å². The number of aliphatic carboxylic acids is 1. The van der Waals surface area contributed by atoms with Gasteiger partial charge < -0.3 is 15.3 Å². The van der Waals surface area contributed by atoms with Crippen LogP contribution in [-0.4, -0.2) is 47.6 Å². The first-order valence-electron chi connectivity index (χ1n) is 7.31. The molecule has 1 unspecified atom stereocenters. The second-order valence-electron chi connectivity index (χ2n) is 5.95. The zero-order chi connectivity index (χ0) is 13.9. The first kappa shape index (κ1) is 14.3. The van der Waals surface area contributed by atoms with Gasteiger partial charge in [0.25, 0.3) is 0 Å². The molecule has 2 N–H and O–H groups in total. The molecule has 1 atom stereocenters. The van der Waals surface area contributed by atoms with Gasteiger partial charge >= 0.3 is 5.97 Å². The molecule has 0 bridgehead atoms. The molecule has 1 amide bonds. The minimum absolute atomic E-state index is 0.103. The van der Waals surface area contributed by atoms with Gasteiger partial charge in [0, 0.05) is 25.6 Å². The molecule has 1 aliphatic carbocycles. The second-order valence-corrected chi connectivity index (χ2v) is 5.95. The van der Waals surface area contributed by atoms with Crippen LogP contribution < -0.4 is 5.32 Å². The van der Waals surface area contributed by atoms with Crippen LogP contribution in [0.2, 0.25) is 0 Å². The van der Waals surface area contributed by atoms with E-state index in [1.54, 1.807) is 0 Å². The lowest BCUT2D eigenvalue weighted by Crippen LogP contribution is -2.36. The third-order valence-electron chi connectivity index (χ3n) is 4.21. The van der Waals surface area contributed by atoms with Crippen LogP contribution in [-0.2, 0) is 9.59 Å². The van der Waals surface area contributed by atoms with Crippen LogP contribution in [0.3, 0.4) is 0 Å². The van der Waals surface area contributed by atoms with Crippen LogP contribution in [0.1, 0.15) is 45.4 Å². The Kier molecular flexibility index (Phi) is 4.45. The predicted octanol–water partition coefficient (Wildman–Crippen LogP) is 1.23. The third-order valence-corrected chi connectivity index (χ3v) is 4.21. The maximum absolute atomic E-state index is 11.6. The molecule has 2 fully saturated rings. The average molecular weight is 268 g/mol. The maximum Gasteiger partial charge on any atom is 0.310 e. The van der Waals surface area contributed by atoms with E-state index >= 15 is 0 Å². The molecule has 1 saturated heterocycles. The summed E-state index contributed by atoms with van der Waals surface area (Å²) in [5.41, 5.74) is -0.582. The summed E-state index contributed by atoms with van der Waals surface area (Å²) in [4.78, 5) is 25.2. The molecular formula is C14H24N2O3. The van der Waals surface area contributed by atoms with Gasteiger partial charge in [-0.05, 0) is 32.2 Å². The lowest BCUT2D eigenvalue weighted by Gasteiger charge is -2.24. The van der Waals surface area contributed by atoms with Crippen molar-refractivity contribution in [1.82, 2.24) is 10.2 Å². The molecule has 0 aromatic rings. The number of rotatable bonds is 7. The molecule has 108 valence electrons. The van der Waals surface area contributed by atoms with E-state index in [9.17, 15) is 14.7 Å². The molecule has 5 nitrogen and oxygen atoms in total. The van der Waals surface area contributed by atoms with E-state index in [4.69, 9.17) is 0 Å². The molecule has 1 saturated carbocycles. The van der Waals surface area contributed by atoms with Crippen molar-refractivity contribution in [3.8, 4) is 0 Å². The number of carbonyl (C=O) groups is 2. The third kappa shape index (κ3) is 3.69. The van der Waals surface area contributed by atoms with Crippen molar-refractivity contribution in [2.75, 3.05) is 19.6 Å². The van der Waals surface area contributed by atoms with E-state index < -0.39 is 11.4 Å². The zero-order valence-corrected chi connectivity index (χ0v) is 11.7. The van der Waals surface area contributed by atoms with Crippen LogP contribution in [0.15, 0.2) is 0 Å². The molecular weight excluding hydrogens is 244 g/mol.